The van der Waals surface area contributed by atoms with Gasteiger partial charge in [0.25, 0.3) is 5.91 Å². The van der Waals surface area contributed by atoms with Crippen LogP contribution in [0.25, 0.3) is 0 Å². The van der Waals surface area contributed by atoms with E-state index in [1.165, 1.54) is 22.0 Å². The fraction of sp³-hybridized carbons (Fsp3) is 0.240. The first-order valence-corrected chi connectivity index (χ1v) is 12.3. The Morgan fingerprint density at radius 3 is 2.58 bits per heavy atom. The third kappa shape index (κ3) is 4.44. The molecule has 0 saturated carbocycles. The summed E-state index contributed by atoms with van der Waals surface area (Å²) >= 11 is 0. The Balaban J connectivity index is 1.26. The highest BCUT2D eigenvalue weighted by molar-refractivity contribution is 7.89. The third-order valence-electron chi connectivity index (χ3n) is 5.89. The molecule has 1 amide bonds. The molecule has 2 heterocycles. The lowest BCUT2D eigenvalue weighted by atomic mass is 10.0. The zero-order chi connectivity index (χ0) is 22.8. The second-order valence-corrected chi connectivity index (χ2v) is 10.0. The summed E-state index contributed by atoms with van der Waals surface area (Å²) in [5.41, 5.74) is 2.47. The second-order valence-electron chi connectivity index (χ2n) is 8.09. The van der Waals surface area contributed by atoms with Crippen molar-refractivity contribution in [1.29, 1.82) is 0 Å². The van der Waals surface area contributed by atoms with Crippen LogP contribution >= 0.6 is 0 Å². The molecule has 1 atom stereocenters. The summed E-state index contributed by atoms with van der Waals surface area (Å²) in [4.78, 5) is 12.8. The van der Waals surface area contributed by atoms with Crippen molar-refractivity contribution in [2.45, 2.75) is 24.0 Å². The first-order chi connectivity index (χ1) is 16.0. The standard InChI is InChI=1S/C25H24N2O5S/c28-25(26-15-21-17-31-23-10-3-4-11-24(23)32-21)19-8-5-9-22(14-19)33(29,30)27-13-12-18-6-1-2-7-20(18)16-27/h1-11,14,21H,12-13,15-17H2,(H,26,28). The Morgan fingerprint density at radius 2 is 1.73 bits per heavy atom. The summed E-state index contributed by atoms with van der Waals surface area (Å²) in [6.45, 7) is 1.31. The van der Waals surface area contributed by atoms with Gasteiger partial charge < -0.3 is 14.8 Å². The van der Waals surface area contributed by atoms with Crippen molar-refractivity contribution in [2.75, 3.05) is 19.7 Å². The Labute approximate surface area is 193 Å². The van der Waals surface area contributed by atoms with E-state index in [0.717, 1.165) is 5.56 Å². The van der Waals surface area contributed by atoms with E-state index in [4.69, 9.17) is 9.47 Å². The molecule has 3 aromatic carbocycles. The number of nitrogens with one attached hydrogen (secondary N) is 1. The summed E-state index contributed by atoms with van der Waals surface area (Å²) in [5.74, 6) is 0.955. The van der Waals surface area contributed by atoms with Crippen LogP contribution in [0.15, 0.2) is 77.7 Å². The zero-order valence-corrected chi connectivity index (χ0v) is 18.8. The SMILES string of the molecule is O=C(NCC1COc2ccccc2O1)c1cccc(S(=O)(=O)N2CCc3ccccc3C2)c1. The van der Waals surface area contributed by atoms with Gasteiger partial charge in [0.2, 0.25) is 10.0 Å². The maximum atomic E-state index is 13.3. The Hall–Kier alpha value is -3.36. The van der Waals surface area contributed by atoms with Crippen LogP contribution < -0.4 is 14.8 Å². The third-order valence-corrected chi connectivity index (χ3v) is 7.73. The van der Waals surface area contributed by atoms with Crippen molar-refractivity contribution in [3.63, 3.8) is 0 Å². The summed E-state index contributed by atoms with van der Waals surface area (Å²) in [7, 11) is -3.72. The molecule has 0 radical (unpaired) electrons. The van der Waals surface area contributed by atoms with Gasteiger partial charge >= 0.3 is 0 Å². The summed E-state index contributed by atoms with van der Waals surface area (Å²) in [5, 5.41) is 2.82. The molecule has 3 aromatic rings. The van der Waals surface area contributed by atoms with Crippen molar-refractivity contribution in [1.82, 2.24) is 9.62 Å². The van der Waals surface area contributed by atoms with Crippen molar-refractivity contribution in [3.05, 3.63) is 89.5 Å². The van der Waals surface area contributed by atoms with Crippen LogP contribution in [-0.4, -0.2) is 44.4 Å². The number of amides is 1. The maximum absolute atomic E-state index is 13.3. The minimum atomic E-state index is -3.72. The molecule has 2 aliphatic rings. The van der Waals surface area contributed by atoms with Crippen LogP contribution in [0.4, 0.5) is 0 Å². The molecule has 1 N–H and O–H groups in total. The number of para-hydroxylation sites is 2. The number of hydrogen-bond donors (Lipinski definition) is 1. The van der Waals surface area contributed by atoms with Gasteiger partial charge in [-0.1, -0.05) is 42.5 Å². The Bertz CT molecular complexity index is 1290. The second kappa shape index (κ2) is 8.88. The van der Waals surface area contributed by atoms with Crippen LogP contribution in [0.5, 0.6) is 11.5 Å². The number of sulfonamides is 1. The summed E-state index contributed by atoms with van der Waals surface area (Å²) < 4.78 is 39.5. The lowest BCUT2D eigenvalue weighted by molar-refractivity contribution is 0.0789. The number of fused-ring (bicyclic) bond motifs is 2. The number of carbonyl (C=O) groups excluding carboxylic acids is 1. The van der Waals surface area contributed by atoms with Gasteiger partial charge in [0, 0.05) is 18.7 Å². The molecule has 0 fully saturated rings. The highest BCUT2D eigenvalue weighted by atomic mass is 32.2. The average Bonchev–Trinajstić information content (AvgIpc) is 2.87. The monoisotopic (exact) mass is 464 g/mol. The van der Waals surface area contributed by atoms with Gasteiger partial charge in [-0.3, -0.25) is 4.79 Å². The summed E-state index contributed by atoms with van der Waals surface area (Å²) in [6, 6.07) is 21.4. The van der Waals surface area contributed by atoms with Gasteiger partial charge in [-0.25, -0.2) is 8.42 Å². The number of ether oxygens (including phenoxy) is 2. The molecule has 0 bridgehead atoms. The van der Waals surface area contributed by atoms with Crippen LogP contribution in [0.1, 0.15) is 21.5 Å². The van der Waals surface area contributed by atoms with Gasteiger partial charge in [0.15, 0.2) is 11.5 Å². The van der Waals surface area contributed by atoms with Crippen LogP contribution in [0, 0.1) is 0 Å². The van der Waals surface area contributed by atoms with Crippen LogP contribution in [0.2, 0.25) is 0 Å². The van der Waals surface area contributed by atoms with Crippen molar-refractivity contribution in [3.8, 4) is 11.5 Å². The van der Waals surface area contributed by atoms with E-state index in [0.29, 0.717) is 37.6 Å². The number of benzene rings is 3. The smallest absolute Gasteiger partial charge is 0.251 e. The molecule has 2 aliphatic heterocycles. The molecule has 5 rings (SSSR count). The first kappa shape index (κ1) is 21.5. The number of nitrogens with zero attached hydrogens (tertiary/aromatic N) is 1. The minimum absolute atomic E-state index is 0.112. The predicted octanol–water partition coefficient (Wildman–Crippen LogP) is 3.00. The molecule has 33 heavy (non-hydrogen) atoms. The molecular weight excluding hydrogens is 440 g/mol. The molecule has 8 heteroatoms. The van der Waals surface area contributed by atoms with E-state index in [-0.39, 0.29) is 29.0 Å². The largest absolute Gasteiger partial charge is 0.486 e. The molecular formula is C25H24N2O5S. The minimum Gasteiger partial charge on any atom is -0.486 e. The lowest BCUT2D eigenvalue weighted by Gasteiger charge is -2.28. The highest BCUT2D eigenvalue weighted by Gasteiger charge is 2.29. The van der Waals surface area contributed by atoms with Gasteiger partial charge in [-0.05, 0) is 47.9 Å². The maximum Gasteiger partial charge on any atom is 0.251 e. The van der Waals surface area contributed by atoms with Gasteiger partial charge in [0.05, 0.1) is 11.4 Å². The number of hydrogen-bond acceptors (Lipinski definition) is 5. The predicted molar refractivity (Wildman–Crippen MR) is 123 cm³/mol. The average molecular weight is 465 g/mol. The normalized spacial score (nSPS) is 17.8. The molecule has 0 spiro atoms. The molecule has 7 nitrogen and oxygen atoms in total. The number of carbonyl (C=O) groups is 1. The van der Waals surface area contributed by atoms with Crippen LogP contribution in [-0.2, 0) is 23.0 Å². The van der Waals surface area contributed by atoms with E-state index in [9.17, 15) is 13.2 Å². The molecule has 170 valence electrons. The molecule has 1 unspecified atom stereocenters. The van der Waals surface area contributed by atoms with Crippen molar-refractivity contribution in [2.24, 2.45) is 0 Å². The summed E-state index contributed by atoms with van der Waals surface area (Å²) in [6.07, 6.45) is 0.339. The van der Waals surface area contributed by atoms with E-state index < -0.39 is 10.0 Å². The lowest BCUT2D eigenvalue weighted by Crippen LogP contribution is -2.40. The zero-order valence-electron chi connectivity index (χ0n) is 17.9. The molecule has 0 aliphatic carbocycles. The topological polar surface area (TPSA) is 84.9 Å². The number of rotatable bonds is 5. The van der Waals surface area contributed by atoms with E-state index >= 15 is 0 Å². The van der Waals surface area contributed by atoms with Crippen molar-refractivity contribution < 1.29 is 22.7 Å². The quantitative estimate of drug-likeness (QED) is 0.628. The Morgan fingerprint density at radius 1 is 0.970 bits per heavy atom. The fourth-order valence-corrected chi connectivity index (χ4v) is 5.56. The van der Waals surface area contributed by atoms with E-state index in [1.54, 1.807) is 12.1 Å². The van der Waals surface area contributed by atoms with Gasteiger partial charge in [0.1, 0.15) is 12.7 Å². The molecule has 0 aromatic heterocycles. The highest BCUT2D eigenvalue weighted by Crippen LogP contribution is 2.30. The first-order valence-electron chi connectivity index (χ1n) is 10.8. The van der Waals surface area contributed by atoms with Crippen LogP contribution in [0.3, 0.4) is 0 Å². The van der Waals surface area contributed by atoms with Gasteiger partial charge in [-0.2, -0.15) is 4.31 Å². The van der Waals surface area contributed by atoms with E-state index in [2.05, 4.69) is 5.32 Å². The van der Waals surface area contributed by atoms with Gasteiger partial charge in [-0.15, -0.1) is 0 Å². The Kier molecular flexibility index (Phi) is 5.78. The molecule has 0 saturated heterocycles. The fourth-order valence-electron chi connectivity index (χ4n) is 4.09. The van der Waals surface area contributed by atoms with Crippen molar-refractivity contribution >= 4 is 15.9 Å². The van der Waals surface area contributed by atoms with E-state index in [1.807, 2.05) is 48.5 Å².